The van der Waals surface area contributed by atoms with Gasteiger partial charge < -0.3 is 9.64 Å². The molecule has 0 aliphatic heterocycles. The lowest BCUT2D eigenvalue weighted by Crippen LogP contribution is -2.31. The molecule has 94 valence electrons. The average Bonchev–Trinajstić information content (AvgIpc) is 2.31. The van der Waals surface area contributed by atoms with Crippen molar-refractivity contribution in [1.82, 2.24) is 10.3 Å². The number of rotatable bonds is 6. The van der Waals surface area contributed by atoms with Gasteiger partial charge in [-0.25, -0.2) is 5.84 Å². The predicted molar refractivity (Wildman–Crippen MR) is 66.5 cm³/mol. The average molecular weight is 237 g/mol. The first-order valence-corrected chi connectivity index (χ1v) is 5.47. The molecule has 5 heteroatoms. The second-order valence-corrected chi connectivity index (χ2v) is 4.04. The summed E-state index contributed by atoms with van der Waals surface area (Å²) < 4.78 is 5.54. The van der Waals surface area contributed by atoms with E-state index in [1.54, 1.807) is 0 Å². The summed E-state index contributed by atoms with van der Waals surface area (Å²) in [6.45, 7) is 1.52. The number of likely N-dealkylation sites (N-methyl/N-ethyl adjacent to an activating group) is 1. The topological polar surface area (TPSA) is 67.6 Å². The fraction of sp³-hybridized carbons (Fsp3) is 0.417. The van der Waals surface area contributed by atoms with Crippen LogP contribution in [0.2, 0.25) is 0 Å². The van der Waals surface area contributed by atoms with Crippen LogP contribution in [0.3, 0.4) is 0 Å². The van der Waals surface area contributed by atoms with Gasteiger partial charge in [-0.15, -0.1) is 0 Å². The molecule has 17 heavy (non-hydrogen) atoms. The van der Waals surface area contributed by atoms with E-state index in [2.05, 4.69) is 10.3 Å². The summed E-state index contributed by atoms with van der Waals surface area (Å²) in [6.07, 6.45) is 0.286. The highest BCUT2D eigenvalue weighted by Crippen LogP contribution is 2.12. The van der Waals surface area contributed by atoms with Crippen LogP contribution in [0.25, 0.3) is 0 Å². The van der Waals surface area contributed by atoms with Gasteiger partial charge in [0.25, 0.3) is 0 Å². The van der Waals surface area contributed by atoms with Crippen LogP contribution in [0, 0.1) is 0 Å². The van der Waals surface area contributed by atoms with Crippen LogP contribution in [0.4, 0.5) is 0 Å². The van der Waals surface area contributed by atoms with E-state index in [1.807, 2.05) is 38.4 Å². The molecule has 1 aromatic carbocycles. The molecule has 0 heterocycles. The fourth-order valence-corrected chi connectivity index (χ4v) is 1.29. The predicted octanol–water partition coefficient (Wildman–Crippen LogP) is 0.159. The van der Waals surface area contributed by atoms with E-state index in [1.165, 1.54) is 0 Å². The zero-order valence-corrected chi connectivity index (χ0v) is 10.3. The summed E-state index contributed by atoms with van der Waals surface area (Å²) >= 11 is 0. The van der Waals surface area contributed by atoms with Gasteiger partial charge in [0.15, 0.2) is 0 Å². The fourth-order valence-electron chi connectivity index (χ4n) is 1.29. The summed E-state index contributed by atoms with van der Waals surface area (Å²) in [7, 11) is 4.00. The maximum atomic E-state index is 11.0. The van der Waals surface area contributed by atoms with E-state index < -0.39 is 0 Å². The van der Waals surface area contributed by atoms with Gasteiger partial charge in [-0.2, -0.15) is 0 Å². The number of ether oxygens (including phenoxy) is 1. The van der Waals surface area contributed by atoms with Crippen LogP contribution in [-0.2, 0) is 11.2 Å². The minimum Gasteiger partial charge on any atom is -0.492 e. The van der Waals surface area contributed by atoms with Crippen LogP contribution in [-0.4, -0.2) is 38.1 Å². The number of amides is 1. The van der Waals surface area contributed by atoms with Gasteiger partial charge in [0.05, 0.1) is 6.42 Å². The van der Waals surface area contributed by atoms with Gasteiger partial charge in [0.2, 0.25) is 5.91 Å². The Morgan fingerprint density at radius 1 is 1.35 bits per heavy atom. The summed E-state index contributed by atoms with van der Waals surface area (Å²) in [6, 6.07) is 7.43. The molecule has 0 unspecified atom stereocenters. The zero-order chi connectivity index (χ0) is 12.7. The summed E-state index contributed by atoms with van der Waals surface area (Å²) in [4.78, 5) is 13.1. The van der Waals surface area contributed by atoms with E-state index >= 15 is 0 Å². The van der Waals surface area contributed by atoms with Crippen molar-refractivity contribution in [3.63, 3.8) is 0 Å². The van der Waals surface area contributed by atoms with Crippen molar-refractivity contribution in [2.75, 3.05) is 27.2 Å². The third kappa shape index (κ3) is 5.33. The maximum Gasteiger partial charge on any atom is 0.238 e. The first-order chi connectivity index (χ1) is 8.11. The minimum absolute atomic E-state index is 0.203. The van der Waals surface area contributed by atoms with Gasteiger partial charge in [-0.05, 0) is 31.8 Å². The Bertz CT molecular complexity index is 349. The lowest BCUT2D eigenvalue weighted by Gasteiger charge is -2.11. The van der Waals surface area contributed by atoms with Gasteiger partial charge in [-0.1, -0.05) is 12.1 Å². The molecule has 1 amide bonds. The molecule has 5 nitrogen and oxygen atoms in total. The Hall–Kier alpha value is -1.59. The molecule has 0 saturated heterocycles. The van der Waals surface area contributed by atoms with Crippen molar-refractivity contribution in [2.24, 2.45) is 5.84 Å². The summed E-state index contributed by atoms with van der Waals surface area (Å²) in [5, 5.41) is 0. The van der Waals surface area contributed by atoms with Crippen LogP contribution in [0.15, 0.2) is 24.3 Å². The Kier molecular flexibility index (Phi) is 5.45. The molecule has 0 aliphatic carbocycles. The van der Waals surface area contributed by atoms with Crippen LogP contribution in [0.5, 0.6) is 5.75 Å². The maximum absolute atomic E-state index is 11.0. The van der Waals surface area contributed by atoms with E-state index in [0.717, 1.165) is 17.9 Å². The number of nitrogens with one attached hydrogen (secondary N) is 1. The SMILES string of the molecule is CN(C)CCOc1ccc(CC(=O)NN)cc1. The van der Waals surface area contributed by atoms with Gasteiger partial charge in [0.1, 0.15) is 12.4 Å². The summed E-state index contributed by atoms with van der Waals surface area (Å²) in [5.41, 5.74) is 3.01. The second kappa shape index (κ2) is 6.88. The quantitative estimate of drug-likeness (QED) is 0.420. The van der Waals surface area contributed by atoms with E-state index in [0.29, 0.717) is 6.61 Å². The number of hydrogen-bond donors (Lipinski definition) is 2. The number of nitrogens with zero attached hydrogens (tertiary/aromatic N) is 1. The molecule has 1 aromatic rings. The van der Waals surface area contributed by atoms with Crippen molar-refractivity contribution < 1.29 is 9.53 Å². The van der Waals surface area contributed by atoms with Crippen molar-refractivity contribution >= 4 is 5.91 Å². The van der Waals surface area contributed by atoms with Gasteiger partial charge >= 0.3 is 0 Å². The molecule has 0 aliphatic rings. The minimum atomic E-state index is -0.203. The third-order valence-corrected chi connectivity index (χ3v) is 2.26. The highest BCUT2D eigenvalue weighted by atomic mass is 16.5. The molecular formula is C12H19N3O2. The molecule has 0 saturated carbocycles. The zero-order valence-electron chi connectivity index (χ0n) is 10.3. The highest BCUT2D eigenvalue weighted by molar-refractivity contribution is 5.77. The summed E-state index contributed by atoms with van der Waals surface area (Å²) in [5.74, 6) is 5.62. The molecule has 0 atom stereocenters. The molecule has 0 spiro atoms. The van der Waals surface area contributed by atoms with Crippen molar-refractivity contribution in [3.05, 3.63) is 29.8 Å². The monoisotopic (exact) mass is 237 g/mol. The van der Waals surface area contributed by atoms with Crippen LogP contribution < -0.4 is 16.0 Å². The largest absolute Gasteiger partial charge is 0.492 e. The Morgan fingerprint density at radius 2 is 2.00 bits per heavy atom. The number of carbonyl (C=O) groups is 1. The van der Waals surface area contributed by atoms with Gasteiger partial charge in [0, 0.05) is 6.54 Å². The molecule has 0 fully saturated rings. The van der Waals surface area contributed by atoms with Crippen LogP contribution in [0.1, 0.15) is 5.56 Å². The molecule has 1 rings (SSSR count). The number of hydrogen-bond acceptors (Lipinski definition) is 4. The van der Waals surface area contributed by atoms with Crippen molar-refractivity contribution in [2.45, 2.75) is 6.42 Å². The Morgan fingerprint density at radius 3 is 2.53 bits per heavy atom. The molecular weight excluding hydrogens is 218 g/mol. The van der Waals surface area contributed by atoms with Gasteiger partial charge in [-0.3, -0.25) is 10.2 Å². The number of benzene rings is 1. The van der Waals surface area contributed by atoms with E-state index in [-0.39, 0.29) is 12.3 Å². The first kappa shape index (κ1) is 13.5. The number of nitrogens with two attached hydrogens (primary N) is 1. The Labute approximate surface area is 102 Å². The standard InChI is InChI=1S/C12H19N3O2/c1-15(2)7-8-17-11-5-3-10(4-6-11)9-12(16)14-13/h3-6H,7-9,13H2,1-2H3,(H,14,16). The lowest BCUT2D eigenvalue weighted by atomic mass is 10.1. The van der Waals surface area contributed by atoms with E-state index in [9.17, 15) is 4.79 Å². The second-order valence-electron chi connectivity index (χ2n) is 4.04. The molecule has 0 aromatic heterocycles. The highest BCUT2D eigenvalue weighted by Gasteiger charge is 2.01. The molecule has 3 N–H and O–H groups in total. The number of carbonyl (C=O) groups excluding carboxylic acids is 1. The molecule has 0 bridgehead atoms. The van der Waals surface area contributed by atoms with Crippen molar-refractivity contribution in [1.29, 1.82) is 0 Å². The van der Waals surface area contributed by atoms with Crippen molar-refractivity contribution in [3.8, 4) is 5.75 Å². The van der Waals surface area contributed by atoms with Crippen LogP contribution >= 0.6 is 0 Å². The lowest BCUT2D eigenvalue weighted by molar-refractivity contribution is -0.120. The third-order valence-electron chi connectivity index (χ3n) is 2.26. The smallest absolute Gasteiger partial charge is 0.238 e. The first-order valence-electron chi connectivity index (χ1n) is 5.47. The molecule has 0 radical (unpaired) electrons. The Balaban J connectivity index is 2.42. The van der Waals surface area contributed by atoms with E-state index in [4.69, 9.17) is 10.6 Å². The number of hydrazine groups is 1. The normalized spacial score (nSPS) is 10.4.